The molecule has 7 nitrogen and oxygen atoms in total. The highest BCUT2D eigenvalue weighted by molar-refractivity contribution is 5.90. The lowest BCUT2D eigenvalue weighted by atomic mass is 10.1. The van der Waals surface area contributed by atoms with Gasteiger partial charge in [-0.1, -0.05) is 0 Å². The number of aromatic nitrogens is 3. The Balaban J connectivity index is 1.59. The number of ether oxygens (including phenoxy) is 2. The number of morpholine rings is 1. The molecule has 2 aromatic rings. The molecular weight excluding hydrogens is 330 g/mol. The molecule has 2 aliphatic rings. The van der Waals surface area contributed by atoms with E-state index >= 15 is 0 Å². The van der Waals surface area contributed by atoms with E-state index in [1.807, 2.05) is 6.92 Å². The minimum atomic E-state index is 0.180. The van der Waals surface area contributed by atoms with Crippen molar-refractivity contribution >= 4 is 16.9 Å². The molecule has 0 bridgehead atoms. The number of anilines is 1. The Kier molecular flexibility index (Phi) is 5.28. The molecule has 0 aromatic carbocycles. The SMILES string of the molecule is Cc1cc(C)c2c(N3CCCO[C@H](CN4CCOCC4)C3)ncnc2n1. The summed E-state index contributed by atoms with van der Waals surface area (Å²) in [6, 6.07) is 2.11. The molecule has 26 heavy (non-hydrogen) atoms. The molecule has 0 aliphatic carbocycles. The fourth-order valence-electron chi connectivity index (χ4n) is 3.90. The van der Waals surface area contributed by atoms with Crippen molar-refractivity contribution in [3.8, 4) is 0 Å². The maximum Gasteiger partial charge on any atom is 0.165 e. The lowest BCUT2D eigenvalue weighted by Gasteiger charge is -2.32. The lowest BCUT2D eigenvalue weighted by Crippen LogP contribution is -2.45. The first-order chi connectivity index (χ1) is 12.7. The van der Waals surface area contributed by atoms with Gasteiger partial charge in [0.15, 0.2) is 5.65 Å². The summed E-state index contributed by atoms with van der Waals surface area (Å²) in [5, 5.41) is 1.06. The van der Waals surface area contributed by atoms with Gasteiger partial charge in [0, 0.05) is 45.0 Å². The number of nitrogens with zero attached hydrogens (tertiary/aromatic N) is 5. The maximum absolute atomic E-state index is 6.14. The number of hydrogen-bond donors (Lipinski definition) is 0. The standard InChI is InChI=1S/C19H27N5O2/c1-14-10-15(2)22-18-17(14)19(21-13-20-18)24-4-3-7-26-16(12-24)11-23-5-8-25-9-6-23/h10,13,16H,3-9,11-12H2,1-2H3/t16-/m1/s1. The molecule has 1 atom stereocenters. The summed E-state index contributed by atoms with van der Waals surface area (Å²) in [5.74, 6) is 0.984. The molecule has 2 aliphatic heterocycles. The van der Waals surface area contributed by atoms with E-state index < -0.39 is 0 Å². The highest BCUT2D eigenvalue weighted by Crippen LogP contribution is 2.27. The Labute approximate surface area is 154 Å². The van der Waals surface area contributed by atoms with Crippen LogP contribution in [0, 0.1) is 13.8 Å². The average molecular weight is 357 g/mol. The van der Waals surface area contributed by atoms with Gasteiger partial charge in [0.2, 0.25) is 0 Å². The topological polar surface area (TPSA) is 63.6 Å². The van der Waals surface area contributed by atoms with E-state index in [9.17, 15) is 0 Å². The quantitative estimate of drug-likeness (QED) is 0.826. The second-order valence-electron chi connectivity index (χ2n) is 7.18. The van der Waals surface area contributed by atoms with E-state index in [1.54, 1.807) is 6.33 Å². The molecule has 4 rings (SSSR count). The normalized spacial score (nSPS) is 22.5. The van der Waals surface area contributed by atoms with Crippen molar-refractivity contribution in [1.82, 2.24) is 19.9 Å². The molecule has 0 unspecified atom stereocenters. The van der Waals surface area contributed by atoms with Crippen molar-refractivity contribution in [1.29, 1.82) is 0 Å². The number of fused-ring (bicyclic) bond motifs is 1. The molecule has 140 valence electrons. The Morgan fingerprint density at radius 1 is 1.12 bits per heavy atom. The van der Waals surface area contributed by atoms with E-state index in [1.165, 1.54) is 5.56 Å². The summed E-state index contributed by atoms with van der Waals surface area (Å²) in [6.07, 6.45) is 2.81. The van der Waals surface area contributed by atoms with E-state index in [2.05, 4.69) is 37.7 Å². The largest absolute Gasteiger partial charge is 0.379 e. The summed E-state index contributed by atoms with van der Waals surface area (Å²) in [7, 11) is 0. The maximum atomic E-state index is 6.14. The molecule has 7 heteroatoms. The third kappa shape index (κ3) is 3.79. The van der Waals surface area contributed by atoms with Crippen molar-refractivity contribution in [2.45, 2.75) is 26.4 Å². The van der Waals surface area contributed by atoms with Gasteiger partial charge in [-0.25, -0.2) is 15.0 Å². The van der Waals surface area contributed by atoms with Crippen molar-refractivity contribution in [3.05, 3.63) is 23.7 Å². The molecule has 2 aromatic heterocycles. The van der Waals surface area contributed by atoms with Gasteiger partial charge in [-0.05, 0) is 31.9 Å². The molecule has 0 saturated carbocycles. The Bertz CT molecular complexity index is 763. The van der Waals surface area contributed by atoms with Gasteiger partial charge in [-0.3, -0.25) is 4.90 Å². The predicted molar refractivity (Wildman–Crippen MR) is 101 cm³/mol. The summed E-state index contributed by atoms with van der Waals surface area (Å²) < 4.78 is 11.6. The van der Waals surface area contributed by atoms with Crippen LogP contribution in [0.2, 0.25) is 0 Å². The van der Waals surface area contributed by atoms with E-state index in [4.69, 9.17) is 9.47 Å². The summed E-state index contributed by atoms with van der Waals surface area (Å²) in [5.41, 5.74) is 2.95. The molecule has 2 saturated heterocycles. The molecule has 2 fully saturated rings. The number of hydrogen-bond acceptors (Lipinski definition) is 7. The molecule has 0 N–H and O–H groups in total. The van der Waals surface area contributed by atoms with Crippen LogP contribution in [0.25, 0.3) is 11.0 Å². The van der Waals surface area contributed by atoms with E-state index in [0.717, 1.165) is 81.5 Å². The van der Waals surface area contributed by atoms with Gasteiger partial charge < -0.3 is 14.4 Å². The lowest BCUT2D eigenvalue weighted by molar-refractivity contribution is -0.00508. The zero-order valence-corrected chi connectivity index (χ0v) is 15.6. The van der Waals surface area contributed by atoms with Crippen LogP contribution >= 0.6 is 0 Å². The molecular formula is C19H27N5O2. The van der Waals surface area contributed by atoms with Crippen LogP contribution in [-0.2, 0) is 9.47 Å². The Hall–Kier alpha value is -1.83. The zero-order chi connectivity index (χ0) is 17.9. The third-order valence-corrected chi connectivity index (χ3v) is 5.12. The van der Waals surface area contributed by atoms with Gasteiger partial charge in [0.05, 0.1) is 24.7 Å². The summed E-state index contributed by atoms with van der Waals surface area (Å²) in [6.45, 7) is 11.3. The van der Waals surface area contributed by atoms with Crippen molar-refractivity contribution < 1.29 is 9.47 Å². The smallest absolute Gasteiger partial charge is 0.165 e. The Morgan fingerprint density at radius 3 is 2.81 bits per heavy atom. The summed E-state index contributed by atoms with van der Waals surface area (Å²) >= 11 is 0. The monoisotopic (exact) mass is 357 g/mol. The van der Waals surface area contributed by atoms with Crippen molar-refractivity contribution in [3.63, 3.8) is 0 Å². The van der Waals surface area contributed by atoms with Crippen LogP contribution in [0.3, 0.4) is 0 Å². The number of aryl methyl sites for hydroxylation is 2. The van der Waals surface area contributed by atoms with Crippen LogP contribution in [0.4, 0.5) is 5.82 Å². The second-order valence-corrected chi connectivity index (χ2v) is 7.18. The fourth-order valence-corrected chi connectivity index (χ4v) is 3.90. The van der Waals surface area contributed by atoms with Gasteiger partial charge in [0.25, 0.3) is 0 Å². The average Bonchev–Trinajstić information content (AvgIpc) is 2.87. The first-order valence-corrected chi connectivity index (χ1v) is 9.46. The van der Waals surface area contributed by atoms with Crippen molar-refractivity contribution in [2.24, 2.45) is 0 Å². The predicted octanol–water partition coefficient (Wildman–Crippen LogP) is 1.57. The Morgan fingerprint density at radius 2 is 1.96 bits per heavy atom. The first-order valence-electron chi connectivity index (χ1n) is 9.46. The number of rotatable bonds is 3. The third-order valence-electron chi connectivity index (χ3n) is 5.12. The highest BCUT2D eigenvalue weighted by Gasteiger charge is 2.25. The van der Waals surface area contributed by atoms with Crippen LogP contribution < -0.4 is 4.90 Å². The van der Waals surface area contributed by atoms with Gasteiger partial charge in [-0.15, -0.1) is 0 Å². The van der Waals surface area contributed by atoms with E-state index in [0.29, 0.717) is 0 Å². The van der Waals surface area contributed by atoms with Crippen LogP contribution in [0.1, 0.15) is 17.7 Å². The van der Waals surface area contributed by atoms with Crippen LogP contribution in [-0.4, -0.2) is 78.5 Å². The van der Waals surface area contributed by atoms with Gasteiger partial charge in [0.1, 0.15) is 12.1 Å². The van der Waals surface area contributed by atoms with Gasteiger partial charge in [-0.2, -0.15) is 0 Å². The first kappa shape index (κ1) is 17.6. The van der Waals surface area contributed by atoms with Crippen molar-refractivity contribution in [2.75, 3.05) is 57.4 Å². The minimum absolute atomic E-state index is 0.180. The molecule has 0 spiro atoms. The van der Waals surface area contributed by atoms with E-state index in [-0.39, 0.29) is 6.10 Å². The molecule has 4 heterocycles. The molecule has 0 amide bonds. The zero-order valence-electron chi connectivity index (χ0n) is 15.6. The highest BCUT2D eigenvalue weighted by atomic mass is 16.5. The van der Waals surface area contributed by atoms with Gasteiger partial charge >= 0.3 is 0 Å². The fraction of sp³-hybridized carbons (Fsp3) is 0.632. The molecule has 0 radical (unpaired) electrons. The van der Waals surface area contributed by atoms with Crippen LogP contribution in [0.15, 0.2) is 12.4 Å². The summed E-state index contributed by atoms with van der Waals surface area (Å²) in [4.78, 5) is 18.4. The number of pyridine rings is 1. The minimum Gasteiger partial charge on any atom is -0.379 e. The second kappa shape index (κ2) is 7.82. The van der Waals surface area contributed by atoms with Crippen LogP contribution in [0.5, 0.6) is 0 Å².